The quantitative estimate of drug-likeness (QED) is 0.425. The first kappa shape index (κ1) is 21.9. The maximum absolute atomic E-state index is 13.1. The third kappa shape index (κ3) is 3.96. The van der Waals surface area contributed by atoms with Gasteiger partial charge >= 0.3 is 6.18 Å². The molecule has 0 saturated heterocycles. The summed E-state index contributed by atoms with van der Waals surface area (Å²) in [6.07, 6.45) is -2.89. The molecule has 0 fully saturated rings. The van der Waals surface area contributed by atoms with Gasteiger partial charge in [-0.1, -0.05) is 6.92 Å². The lowest BCUT2D eigenvalue weighted by Gasteiger charge is -2.22. The Bertz CT molecular complexity index is 1080. The Balaban J connectivity index is 2.24. The van der Waals surface area contributed by atoms with Gasteiger partial charge in [-0.3, -0.25) is 4.79 Å². The van der Waals surface area contributed by atoms with Gasteiger partial charge in [0.2, 0.25) is 6.41 Å². The largest absolute Gasteiger partial charge is 0.417 e. The van der Waals surface area contributed by atoms with Gasteiger partial charge in [0.15, 0.2) is 5.65 Å². The molecule has 160 valence electrons. The SMILES string of the molecule is CCSc1cc(N(C=O)CC)c(NC)cc1-c1nc2cc(C(F)(F)F)cnc2n1C. The summed E-state index contributed by atoms with van der Waals surface area (Å²) in [5, 5.41) is 3.10. The molecule has 30 heavy (non-hydrogen) atoms. The predicted octanol–water partition coefficient (Wildman–Crippen LogP) is 4.79. The molecule has 1 N–H and O–H groups in total. The second-order valence-corrected chi connectivity index (χ2v) is 7.80. The number of anilines is 2. The van der Waals surface area contributed by atoms with E-state index in [1.165, 1.54) is 0 Å². The first-order valence-electron chi connectivity index (χ1n) is 9.35. The number of imidazole rings is 1. The summed E-state index contributed by atoms with van der Waals surface area (Å²) < 4.78 is 40.9. The lowest BCUT2D eigenvalue weighted by Crippen LogP contribution is -2.21. The molecule has 3 rings (SSSR count). The van der Waals surface area contributed by atoms with Crippen LogP contribution in [-0.4, -0.2) is 40.3 Å². The third-order valence-electron chi connectivity index (χ3n) is 4.72. The molecule has 0 aliphatic rings. The van der Waals surface area contributed by atoms with Crippen LogP contribution in [0.3, 0.4) is 0 Å². The van der Waals surface area contributed by atoms with Crippen LogP contribution in [0.25, 0.3) is 22.6 Å². The van der Waals surface area contributed by atoms with Crippen LogP contribution in [0.1, 0.15) is 19.4 Å². The average Bonchev–Trinajstić information content (AvgIpc) is 3.04. The van der Waals surface area contributed by atoms with Crippen LogP contribution in [-0.2, 0) is 18.0 Å². The molecule has 10 heteroatoms. The fourth-order valence-corrected chi connectivity index (χ4v) is 4.04. The number of alkyl halides is 3. The highest BCUT2D eigenvalue weighted by Crippen LogP contribution is 2.40. The second-order valence-electron chi connectivity index (χ2n) is 6.50. The number of carbonyl (C=O) groups is 1. The zero-order valence-corrected chi connectivity index (χ0v) is 17.9. The Morgan fingerprint density at radius 3 is 2.57 bits per heavy atom. The van der Waals surface area contributed by atoms with E-state index in [9.17, 15) is 18.0 Å². The van der Waals surface area contributed by atoms with E-state index in [1.54, 1.807) is 35.3 Å². The van der Waals surface area contributed by atoms with Crippen LogP contribution in [0, 0.1) is 0 Å². The standard InChI is InChI=1S/C20H22F3N5OS/c1-5-28(11-29)16-9-17(30-6-2)13(8-14(16)24-3)18-26-15-7-12(20(21,22)23)10-25-19(15)27(18)4/h7-11,24H,5-6H2,1-4H3. The number of benzene rings is 1. The number of fused-ring (bicyclic) bond motifs is 1. The fraction of sp³-hybridized carbons (Fsp3) is 0.350. The number of carbonyl (C=O) groups excluding carboxylic acids is 1. The minimum Gasteiger partial charge on any atom is -0.386 e. The summed E-state index contributed by atoms with van der Waals surface area (Å²) >= 11 is 1.57. The number of aryl methyl sites for hydroxylation is 1. The van der Waals surface area contributed by atoms with Crippen molar-refractivity contribution in [3.63, 3.8) is 0 Å². The summed E-state index contributed by atoms with van der Waals surface area (Å²) in [5.41, 5.74) is 1.91. The van der Waals surface area contributed by atoms with E-state index in [1.807, 2.05) is 26.0 Å². The molecule has 0 radical (unpaired) electrons. The minimum atomic E-state index is -4.48. The van der Waals surface area contributed by atoms with E-state index in [2.05, 4.69) is 15.3 Å². The summed E-state index contributed by atoms with van der Waals surface area (Å²) in [6, 6.07) is 4.78. The van der Waals surface area contributed by atoms with E-state index in [0.29, 0.717) is 18.0 Å². The van der Waals surface area contributed by atoms with Crippen molar-refractivity contribution in [3.8, 4) is 11.4 Å². The summed E-state index contributed by atoms with van der Waals surface area (Å²) in [5.74, 6) is 1.28. The highest BCUT2D eigenvalue weighted by Gasteiger charge is 2.32. The van der Waals surface area contributed by atoms with Crippen LogP contribution in [0.4, 0.5) is 24.5 Å². The van der Waals surface area contributed by atoms with Crippen LogP contribution >= 0.6 is 11.8 Å². The second kappa shape index (κ2) is 8.55. The zero-order chi connectivity index (χ0) is 22.1. The van der Waals surface area contributed by atoms with Crippen molar-refractivity contribution in [1.29, 1.82) is 0 Å². The molecule has 2 aromatic heterocycles. The van der Waals surface area contributed by atoms with Crippen molar-refractivity contribution in [2.45, 2.75) is 24.9 Å². The van der Waals surface area contributed by atoms with E-state index in [-0.39, 0.29) is 5.52 Å². The van der Waals surface area contributed by atoms with Gasteiger partial charge in [-0.15, -0.1) is 11.8 Å². The molecule has 2 heterocycles. The zero-order valence-electron chi connectivity index (χ0n) is 17.0. The number of thioether (sulfide) groups is 1. The van der Waals surface area contributed by atoms with Crippen LogP contribution in [0.5, 0.6) is 0 Å². The van der Waals surface area contributed by atoms with Gasteiger partial charge < -0.3 is 14.8 Å². The molecule has 0 spiro atoms. The number of amides is 1. The molecular formula is C20H22F3N5OS. The molecular weight excluding hydrogens is 415 g/mol. The van der Waals surface area contributed by atoms with Gasteiger partial charge in [0.05, 0.1) is 16.9 Å². The van der Waals surface area contributed by atoms with Crippen molar-refractivity contribution >= 4 is 40.7 Å². The third-order valence-corrected chi connectivity index (χ3v) is 5.66. The normalized spacial score (nSPS) is 11.7. The molecule has 0 unspecified atom stereocenters. The average molecular weight is 437 g/mol. The number of nitrogens with one attached hydrogen (secondary N) is 1. The Kier molecular flexibility index (Phi) is 6.25. The van der Waals surface area contributed by atoms with Crippen molar-refractivity contribution < 1.29 is 18.0 Å². The van der Waals surface area contributed by atoms with E-state index in [0.717, 1.165) is 46.3 Å². The molecule has 1 amide bonds. The van der Waals surface area contributed by atoms with E-state index >= 15 is 0 Å². The van der Waals surface area contributed by atoms with E-state index < -0.39 is 11.7 Å². The van der Waals surface area contributed by atoms with Gasteiger partial charge in [-0.25, -0.2) is 9.97 Å². The number of nitrogens with zero attached hydrogens (tertiary/aromatic N) is 4. The molecule has 3 aromatic rings. The maximum atomic E-state index is 13.1. The van der Waals surface area contributed by atoms with Crippen LogP contribution in [0.2, 0.25) is 0 Å². The van der Waals surface area contributed by atoms with Gasteiger partial charge in [0.25, 0.3) is 0 Å². The van der Waals surface area contributed by atoms with Gasteiger partial charge in [0, 0.05) is 37.3 Å². The fourth-order valence-electron chi connectivity index (χ4n) is 3.23. The number of hydrogen-bond acceptors (Lipinski definition) is 5. The molecule has 0 aliphatic heterocycles. The van der Waals surface area contributed by atoms with Gasteiger partial charge in [-0.2, -0.15) is 13.2 Å². The first-order valence-corrected chi connectivity index (χ1v) is 10.3. The highest BCUT2D eigenvalue weighted by molar-refractivity contribution is 7.99. The lowest BCUT2D eigenvalue weighted by atomic mass is 10.1. The Labute approximate surface area is 176 Å². The Morgan fingerprint density at radius 2 is 2.00 bits per heavy atom. The summed E-state index contributed by atoms with van der Waals surface area (Å²) in [7, 11) is 3.47. The molecule has 1 aromatic carbocycles. The molecule has 0 aliphatic carbocycles. The predicted molar refractivity (Wildman–Crippen MR) is 114 cm³/mol. The van der Waals surface area contributed by atoms with Crippen molar-refractivity contribution in [1.82, 2.24) is 14.5 Å². The minimum absolute atomic E-state index is 0.174. The topological polar surface area (TPSA) is 63.1 Å². The van der Waals surface area contributed by atoms with Gasteiger partial charge in [-0.05, 0) is 30.9 Å². The van der Waals surface area contributed by atoms with Crippen molar-refractivity contribution in [3.05, 3.63) is 30.0 Å². The Morgan fingerprint density at radius 1 is 1.27 bits per heavy atom. The monoisotopic (exact) mass is 437 g/mol. The molecule has 6 nitrogen and oxygen atoms in total. The lowest BCUT2D eigenvalue weighted by molar-refractivity contribution is -0.137. The summed E-state index contributed by atoms with van der Waals surface area (Å²) in [4.78, 5) is 22.4. The molecule has 0 bridgehead atoms. The summed E-state index contributed by atoms with van der Waals surface area (Å²) in [6.45, 7) is 4.39. The number of aromatic nitrogens is 3. The number of halogens is 3. The van der Waals surface area contributed by atoms with E-state index in [4.69, 9.17) is 0 Å². The number of rotatable bonds is 7. The van der Waals surface area contributed by atoms with Crippen LogP contribution in [0.15, 0.2) is 29.3 Å². The highest BCUT2D eigenvalue weighted by atomic mass is 32.2. The number of hydrogen-bond donors (Lipinski definition) is 1. The molecule has 0 atom stereocenters. The molecule has 0 saturated carbocycles. The van der Waals surface area contributed by atoms with Gasteiger partial charge in [0.1, 0.15) is 11.3 Å². The number of pyridine rings is 1. The maximum Gasteiger partial charge on any atom is 0.417 e. The first-order chi connectivity index (χ1) is 14.2. The Hall–Kier alpha value is -2.75. The van der Waals surface area contributed by atoms with Crippen molar-refractivity contribution in [2.75, 3.05) is 29.6 Å². The van der Waals surface area contributed by atoms with Crippen LogP contribution < -0.4 is 10.2 Å². The smallest absolute Gasteiger partial charge is 0.386 e. The van der Waals surface area contributed by atoms with Crippen molar-refractivity contribution in [2.24, 2.45) is 7.05 Å².